The summed E-state index contributed by atoms with van der Waals surface area (Å²) in [7, 11) is -4.14. The first-order valence-electron chi connectivity index (χ1n) is 0.841. The summed E-state index contributed by atoms with van der Waals surface area (Å²) in [6.45, 7) is 4.02. The predicted octanol–water partition coefficient (Wildman–Crippen LogP) is -0.816. The molecule has 0 aromatic rings. The van der Waals surface area contributed by atoms with E-state index in [0.717, 1.165) is 0 Å². The van der Waals surface area contributed by atoms with E-state index in [4.69, 9.17) is 14.4 Å². The molecule has 3 nitrogen and oxygen atoms in total. The third-order valence-electron chi connectivity index (χ3n) is 0. The first kappa shape index (κ1) is 10.2. The summed E-state index contributed by atoms with van der Waals surface area (Å²) < 4.78 is 9.10. The van der Waals surface area contributed by atoms with E-state index in [0.29, 0.717) is 0 Å². The number of hydrogen-bond acceptors (Lipinski definition) is 1. The molecule has 5 heteroatoms. The Morgan fingerprint density at radius 2 is 1.50 bits per heavy atom. The van der Waals surface area contributed by atoms with E-state index in [-0.39, 0.29) is 29.6 Å². The van der Waals surface area contributed by atoms with Crippen molar-refractivity contribution in [3.8, 4) is 0 Å². The molecule has 32 valence electrons. The third-order valence-corrected chi connectivity index (χ3v) is 0. The maximum absolute atomic E-state index is 9.10. The molecule has 0 spiro atoms. The Bertz CT molecular complexity index is 56.9. The summed E-state index contributed by atoms with van der Waals surface area (Å²) in [5.74, 6) is 0. The summed E-state index contributed by atoms with van der Waals surface area (Å²) in [6.07, 6.45) is 0. The van der Waals surface area contributed by atoms with Crippen LogP contribution in [0.2, 0.25) is 0 Å². The second-order valence-corrected chi connectivity index (χ2v) is 1.77. The van der Waals surface area contributed by atoms with Crippen molar-refractivity contribution in [3.63, 3.8) is 0 Å². The molecular formula is CH4NaO3P. The number of hydrogen-bond donors (Lipinski definition) is 2. The predicted molar refractivity (Wildman–Crippen MR) is 23.5 cm³/mol. The minimum absolute atomic E-state index is 0. The van der Waals surface area contributed by atoms with E-state index < -0.39 is 7.60 Å². The monoisotopic (exact) mass is 118 g/mol. The fourth-order valence-corrected chi connectivity index (χ4v) is 0. The van der Waals surface area contributed by atoms with Crippen molar-refractivity contribution in [3.05, 3.63) is 6.66 Å². The standard InChI is InChI=1S/CH3O3P.Na.H/c1-5(2,3)4;;/h1H,(H2,2,3,4);;. The van der Waals surface area contributed by atoms with E-state index in [2.05, 4.69) is 6.66 Å². The topological polar surface area (TPSA) is 57.5 Å². The van der Waals surface area contributed by atoms with Gasteiger partial charge in [-0.25, -0.2) is 0 Å². The van der Waals surface area contributed by atoms with Crippen molar-refractivity contribution in [2.45, 2.75) is 0 Å². The van der Waals surface area contributed by atoms with Gasteiger partial charge < -0.3 is 9.79 Å². The van der Waals surface area contributed by atoms with Gasteiger partial charge in [0.05, 0.1) is 6.66 Å². The summed E-state index contributed by atoms with van der Waals surface area (Å²) >= 11 is 0. The molecule has 0 aromatic carbocycles. The SMILES string of the molecule is [CH]P(=O)(O)O.[NaH]. The van der Waals surface area contributed by atoms with Crippen molar-refractivity contribution < 1.29 is 14.4 Å². The van der Waals surface area contributed by atoms with Crippen LogP contribution in [0.15, 0.2) is 0 Å². The van der Waals surface area contributed by atoms with Gasteiger partial charge in [-0.1, -0.05) is 0 Å². The van der Waals surface area contributed by atoms with Gasteiger partial charge in [-0.2, -0.15) is 0 Å². The van der Waals surface area contributed by atoms with E-state index in [1.165, 1.54) is 0 Å². The second-order valence-electron chi connectivity index (χ2n) is 0.589. The van der Waals surface area contributed by atoms with Crippen LogP contribution in [0.1, 0.15) is 0 Å². The zero-order chi connectivity index (χ0) is 4.50. The van der Waals surface area contributed by atoms with Crippen LogP contribution in [0.4, 0.5) is 0 Å². The Labute approximate surface area is 58.2 Å². The number of rotatable bonds is 0. The summed E-state index contributed by atoms with van der Waals surface area (Å²) in [6, 6.07) is 0. The zero-order valence-corrected chi connectivity index (χ0v) is 3.22. The van der Waals surface area contributed by atoms with Crippen LogP contribution >= 0.6 is 7.60 Å². The third kappa shape index (κ3) is 67.1. The van der Waals surface area contributed by atoms with E-state index >= 15 is 0 Å². The molecule has 0 atom stereocenters. The van der Waals surface area contributed by atoms with Crippen LogP contribution in [0.5, 0.6) is 0 Å². The quantitative estimate of drug-likeness (QED) is 0.323. The van der Waals surface area contributed by atoms with Crippen LogP contribution < -0.4 is 0 Å². The molecule has 2 N–H and O–H groups in total. The van der Waals surface area contributed by atoms with Crippen molar-refractivity contribution in [2.24, 2.45) is 0 Å². The molecule has 0 bridgehead atoms. The van der Waals surface area contributed by atoms with Gasteiger partial charge in [0.15, 0.2) is 0 Å². The van der Waals surface area contributed by atoms with Gasteiger partial charge in [-0.05, 0) is 0 Å². The molecule has 0 aliphatic heterocycles. The van der Waals surface area contributed by atoms with Gasteiger partial charge in [-0.15, -0.1) is 0 Å². The molecule has 0 heterocycles. The molecule has 0 fully saturated rings. The minimum atomic E-state index is -4.14. The Hall–Kier alpha value is 1.15. The Morgan fingerprint density at radius 3 is 1.50 bits per heavy atom. The first-order valence-corrected chi connectivity index (χ1v) is 2.52. The zero-order valence-electron chi connectivity index (χ0n) is 2.33. The molecule has 6 heavy (non-hydrogen) atoms. The van der Waals surface area contributed by atoms with E-state index in [9.17, 15) is 0 Å². The molecule has 0 saturated carbocycles. The van der Waals surface area contributed by atoms with Crippen molar-refractivity contribution >= 4 is 37.2 Å². The van der Waals surface area contributed by atoms with Crippen LogP contribution in [-0.2, 0) is 4.57 Å². The molecule has 2 radical (unpaired) electrons. The summed E-state index contributed by atoms with van der Waals surface area (Å²) in [4.78, 5) is 14.8. The van der Waals surface area contributed by atoms with Crippen LogP contribution in [0.25, 0.3) is 0 Å². The Balaban J connectivity index is 0. The molecule has 0 unspecified atom stereocenters. The Morgan fingerprint density at radius 1 is 1.50 bits per heavy atom. The molecular weight excluding hydrogens is 114 g/mol. The van der Waals surface area contributed by atoms with Crippen molar-refractivity contribution in [2.75, 3.05) is 0 Å². The van der Waals surface area contributed by atoms with Gasteiger partial charge in [0.2, 0.25) is 0 Å². The van der Waals surface area contributed by atoms with Gasteiger partial charge in [0.25, 0.3) is 0 Å². The normalized spacial score (nSPS) is 9.83. The van der Waals surface area contributed by atoms with Crippen LogP contribution in [0, 0.1) is 6.66 Å². The fourth-order valence-electron chi connectivity index (χ4n) is 0. The van der Waals surface area contributed by atoms with E-state index in [1.807, 2.05) is 0 Å². The summed E-state index contributed by atoms with van der Waals surface area (Å²) in [5, 5.41) is 0. The van der Waals surface area contributed by atoms with Crippen molar-refractivity contribution in [1.82, 2.24) is 0 Å². The first-order chi connectivity index (χ1) is 2.00. The molecule has 0 aromatic heterocycles. The summed E-state index contributed by atoms with van der Waals surface area (Å²) in [5.41, 5.74) is 0. The molecule has 0 saturated heterocycles. The Kier molecular flexibility index (Phi) is 5.42. The van der Waals surface area contributed by atoms with Gasteiger partial charge in [-0.3, -0.25) is 4.57 Å². The molecule has 0 amide bonds. The molecule has 0 rings (SSSR count). The average Bonchev–Trinajstić information content (AvgIpc) is 0.722. The molecule has 0 aliphatic carbocycles. The maximum atomic E-state index is 9.10. The average molecular weight is 118 g/mol. The van der Waals surface area contributed by atoms with E-state index in [1.54, 1.807) is 0 Å². The molecule has 0 aliphatic rings. The van der Waals surface area contributed by atoms with Gasteiger partial charge >= 0.3 is 37.2 Å². The van der Waals surface area contributed by atoms with Crippen LogP contribution in [-0.4, -0.2) is 39.3 Å². The van der Waals surface area contributed by atoms with Gasteiger partial charge in [0.1, 0.15) is 0 Å². The van der Waals surface area contributed by atoms with Gasteiger partial charge in [0, 0.05) is 0 Å². The second kappa shape index (κ2) is 3.19. The fraction of sp³-hybridized carbons (Fsp3) is 0. The van der Waals surface area contributed by atoms with Crippen molar-refractivity contribution in [1.29, 1.82) is 0 Å². The van der Waals surface area contributed by atoms with Crippen LogP contribution in [0.3, 0.4) is 0 Å².